The molecule has 1 fully saturated rings. The molecule has 1 aliphatic carbocycles. The van der Waals surface area contributed by atoms with Crippen LogP contribution in [-0.2, 0) is 4.79 Å². The van der Waals surface area contributed by atoms with E-state index in [-0.39, 0.29) is 17.5 Å². The fourth-order valence-corrected chi connectivity index (χ4v) is 5.22. The highest BCUT2D eigenvalue weighted by atomic mass is 35.7. The number of carbonyl (C=O) groups excluding carboxylic acids is 2. The number of imide groups is 1. The molecule has 2 amide bonds. The summed E-state index contributed by atoms with van der Waals surface area (Å²) in [6.07, 6.45) is 4.77. The minimum atomic E-state index is -0.513. The van der Waals surface area contributed by atoms with Crippen molar-refractivity contribution in [1.82, 2.24) is 15.1 Å². The Kier molecular flexibility index (Phi) is 7.69. The van der Waals surface area contributed by atoms with Gasteiger partial charge in [0.05, 0.1) is 16.4 Å². The second kappa shape index (κ2) is 10.5. The smallest absolute Gasteiger partial charge is 0.278 e. The Balaban J connectivity index is 1.75. The fourth-order valence-electron chi connectivity index (χ4n) is 4.18. The van der Waals surface area contributed by atoms with Crippen LogP contribution in [-0.4, -0.2) is 21.6 Å². The molecule has 0 saturated heterocycles. The van der Waals surface area contributed by atoms with Crippen LogP contribution in [0.15, 0.2) is 47.4 Å². The standard InChI is InChI=1S/C24H22Cl3N3O2S/c1-14-21(24(32)28-23(31)16-5-3-2-4-6-16)29-30(20-12-9-17(25)13-19(20)26)22(14)15-7-10-18(33-27)11-8-15/h7-13,16H,2-6H2,1H3,(H,28,31,32). The Morgan fingerprint density at radius 1 is 1.06 bits per heavy atom. The number of rotatable bonds is 5. The predicted octanol–water partition coefficient (Wildman–Crippen LogP) is 7.24. The van der Waals surface area contributed by atoms with Crippen molar-refractivity contribution in [1.29, 1.82) is 0 Å². The molecule has 0 atom stereocenters. The van der Waals surface area contributed by atoms with Crippen LogP contribution in [0.2, 0.25) is 10.0 Å². The molecular weight excluding hydrogens is 501 g/mol. The summed E-state index contributed by atoms with van der Waals surface area (Å²) in [5.74, 6) is -0.875. The third-order valence-corrected chi connectivity index (χ3v) is 7.43. The highest BCUT2D eigenvalue weighted by Crippen LogP contribution is 2.34. The summed E-state index contributed by atoms with van der Waals surface area (Å²) in [4.78, 5) is 26.7. The first-order valence-corrected chi connectivity index (χ1v) is 13.1. The summed E-state index contributed by atoms with van der Waals surface area (Å²) in [7, 11) is 6.99. The molecule has 2 aromatic carbocycles. The highest BCUT2D eigenvalue weighted by molar-refractivity contribution is 8.21. The maximum absolute atomic E-state index is 13.1. The molecule has 0 unspecified atom stereocenters. The van der Waals surface area contributed by atoms with Gasteiger partial charge in [-0.15, -0.1) is 0 Å². The summed E-state index contributed by atoms with van der Waals surface area (Å²) < 4.78 is 1.62. The molecule has 1 aliphatic rings. The molecule has 9 heteroatoms. The Labute approximate surface area is 211 Å². The number of nitrogens with zero attached hydrogens (tertiary/aromatic N) is 2. The monoisotopic (exact) mass is 521 g/mol. The quantitative estimate of drug-likeness (QED) is 0.359. The maximum atomic E-state index is 13.1. The van der Waals surface area contributed by atoms with Gasteiger partial charge in [-0.1, -0.05) is 54.6 Å². The topological polar surface area (TPSA) is 64.0 Å². The number of amides is 2. The number of benzene rings is 2. The van der Waals surface area contributed by atoms with E-state index in [4.69, 9.17) is 33.9 Å². The summed E-state index contributed by atoms with van der Waals surface area (Å²) >= 11 is 12.6. The van der Waals surface area contributed by atoms with Gasteiger partial charge in [-0.2, -0.15) is 5.10 Å². The van der Waals surface area contributed by atoms with Gasteiger partial charge in [0, 0.05) is 27.0 Å². The first-order chi connectivity index (χ1) is 15.9. The van der Waals surface area contributed by atoms with Gasteiger partial charge < -0.3 is 0 Å². The van der Waals surface area contributed by atoms with E-state index in [2.05, 4.69) is 10.4 Å². The lowest BCUT2D eigenvalue weighted by Gasteiger charge is -2.19. The minimum absolute atomic E-state index is 0.129. The molecule has 5 nitrogen and oxygen atoms in total. The van der Waals surface area contributed by atoms with Crippen LogP contribution in [0.5, 0.6) is 0 Å². The van der Waals surface area contributed by atoms with Crippen molar-refractivity contribution in [2.45, 2.75) is 43.9 Å². The van der Waals surface area contributed by atoms with E-state index in [0.29, 0.717) is 27.0 Å². The zero-order valence-corrected chi connectivity index (χ0v) is 21.0. The number of aromatic nitrogens is 2. The molecule has 1 aromatic heterocycles. The van der Waals surface area contributed by atoms with Gasteiger partial charge >= 0.3 is 0 Å². The zero-order valence-electron chi connectivity index (χ0n) is 17.9. The predicted molar refractivity (Wildman–Crippen MR) is 135 cm³/mol. The van der Waals surface area contributed by atoms with Crippen LogP contribution in [0.1, 0.15) is 48.2 Å². The van der Waals surface area contributed by atoms with Crippen molar-refractivity contribution in [2.75, 3.05) is 0 Å². The van der Waals surface area contributed by atoms with Gasteiger partial charge in [0.25, 0.3) is 5.91 Å². The normalized spacial score (nSPS) is 14.3. The van der Waals surface area contributed by atoms with Crippen LogP contribution in [0.3, 0.4) is 0 Å². The average molecular weight is 523 g/mol. The molecule has 0 aliphatic heterocycles. The number of halogens is 3. The number of carbonyl (C=O) groups is 2. The summed E-state index contributed by atoms with van der Waals surface area (Å²) in [5, 5.41) is 8.03. The van der Waals surface area contributed by atoms with E-state index in [1.54, 1.807) is 22.9 Å². The van der Waals surface area contributed by atoms with Crippen molar-refractivity contribution in [2.24, 2.45) is 5.92 Å². The molecule has 1 N–H and O–H groups in total. The Bertz CT molecular complexity index is 1190. The van der Waals surface area contributed by atoms with Gasteiger partial charge in [0.1, 0.15) is 0 Å². The van der Waals surface area contributed by atoms with E-state index in [0.717, 1.165) is 53.5 Å². The highest BCUT2D eigenvalue weighted by Gasteiger charge is 2.27. The first-order valence-electron chi connectivity index (χ1n) is 10.7. The molecular formula is C24H22Cl3N3O2S. The van der Waals surface area contributed by atoms with Crippen molar-refractivity contribution in [3.63, 3.8) is 0 Å². The lowest BCUT2D eigenvalue weighted by Crippen LogP contribution is -2.37. The van der Waals surface area contributed by atoms with E-state index in [1.807, 2.05) is 31.2 Å². The summed E-state index contributed by atoms with van der Waals surface area (Å²) in [6, 6.07) is 12.7. The number of nitrogens with one attached hydrogen (secondary N) is 1. The van der Waals surface area contributed by atoms with E-state index < -0.39 is 5.91 Å². The third-order valence-electron chi connectivity index (χ3n) is 5.90. The Morgan fingerprint density at radius 2 is 1.76 bits per heavy atom. The molecule has 172 valence electrons. The van der Waals surface area contributed by atoms with Crippen molar-refractivity contribution < 1.29 is 9.59 Å². The maximum Gasteiger partial charge on any atom is 0.278 e. The molecule has 0 spiro atoms. The molecule has 0 bridgehead atoms. The second-order valence-corrected chi connectivity index (χ2v) is 10.0. The first kappa shape index (κ1) is 24.1. The molecule has 3 aromatic rings. The SMILES string of the molecule is Cc1c(C(=O)NC(=O)C2CCCCC2)nn(-c2ccc(Cl)cc2Cl)c1-c1ccc(SCl)cc1. The van der Waals surface area contributed by atoms with E-state index in [1.165, 1.54) is 0 Å². The zero-order chi connectivity index (χ0) is 23.5. The van der Waals surface area contributed by atoms with E-state index >= 15 is 0 Å². The van der Waals surface area contributed by atoms with Crippen LogP contribution < -0.4 is 5.32 Å². The van der Waals surface area contributed by atoms with E-state index in [9.17, 15) is 9.59 Å². The Hall–Kier alpha value is -1.99. The number of hydrogen-bond acceptors (Lipinski definition) is 4. The van der Waals surface area contributed by atoms with Gasteiger partial charge in [-0.25, -0.2) is 4.68 Å². The second-order valence-electron chi connectivity index (χ2n) is 8.08. The molecule has 1 saturated carbocycles. The van der Waals surface area contributed by atoms with Crippen LogP contribution >= 0.6 is 44.9 Å². The number of hydrogen-bond donors (Lipinski definition) is 1. The van der Waals surface area contributed by atoms with Gasteiger partial charge in [-0.3, -0.25) is 14.9 Å². The van der Waals surface area contributed by atoms with Crippen LogP contribution in [0, 0.1) is 12.8 Å². The van der Waals surface area contributed by atoms with Gasteiger partial charge in [-0.05, 0) is 71.8 Å². The molecule has 4 rings (SSSR count). The lowest BCUT2D eigenvalue weighted by molar-refractivity contribution is -0.124. The van der Waals surface area contributed by atoms with Crippen LogP contribution in [0.25, 0.3) is 16.9 Å². The largest absolute Gasteiger partial charge is 0.291 e. The van der Waals surface area contributed by atoms with Gasteiger partial charge in [0.15, 0.2) is 5.69 Å². The molecule has 1 heterocycles. The molecule has 33 heavy (non-hydrogen) atoms. The average Bonchev–Trinajstić information content (AvgIpc) is 3.16. The van der Waals surface area contributed by atoms with Crippen molar-refractivity contribution in [3.8, 4) is 16.9 Å². The minimum Gasteiger partial charge on any atom is -0.291 e. The van der Waals surface area contributed by atoms with Gasteiger partial charge in [0.2, 0.25) is 5.91 Å². The lowest BCUT2D eigenvalue weighted by atomic mass is 9.88. The summed E-state index contributed by atoms with van der Waals surface area (Å²) in [6.45, 7) is 1.81. The third kappa shape index (κ3) is 5.24. The fraction of sp³-hybridized carbons (Fsp3) is 0.292. The van der Waals surface area contributed by atoms with Crippen molar-refractivity contribution >= 4 is 56.7 Å². The van der Waals surface area contributed by atoms with Crippen LogP contribution in [0.4, 0.5) is 0 Å². The Morgan fingerprint density at radius 3 is 2.39 bits per heavy atom. The summed E-state index contributed by atoms with van der Waals surface area (Å²) in [5.41, 5.74) is 2.92. The molecule has 0 radical (unpaired) electrons. The van der Waals surface area contributed by atoms with Crippen molar-refractivity contribution in [3.05, 3.63) is 63.8 Å².